The molecule has 0 aromatic heterocycles. The van der Waals surface area contributed by atoms with E-state index in [0.717, 1.165) is 44.9 Å². The Kier molecular flexibility index (Phi) is 7.39. The van der Waals surface area contributed by atoms with Gasteiger partial charge < -0.3 is 25.7 Å². The van der Waals surface area contributed by atoms with E-state index in [2.05, 4.69) is 26.1 Å². The number of aliphatic carboxylic acids is 1. The number of hydrogen-bond donors (Lipinski definition) is 5. The number of rotatable bonds is 7. The van der Waals surface area contributed by atoms with Crippen LogP contribution in [0.2, 0.25) is 0 Å². The average molecular weight is 480 g/mol. The second-order valence-electron chi connectivity index (χ2n) is 12.5. The van der Waals surface area contributed by atoms with Crippen molar-refractivity contribution in [2.24, 2.45) is 46.3 Å². The minimum Gasteiger partial charge on any atom is -0.481 e. The normalized spacial score (nSPS) is 46.6. The van der Waals surface area contributed by atoms with E-state index in [4.69, 9.17) is 5.11 Å². The number of hydrogen-bond acceptors (Lipinski definition) is 5. The van der Waals surface area contributed by atoms with Gasteiger partial charge in [-0.25, -0.2) is 0 Å². The molecule has 0 aromatic rings. The lowest BCUT2D eigenvalue weighted by Gasteiger charge is -2.63. The molecule has 4 aliphatic carbocycles. The lowest BCUT2D eigenvalue weighted by Crippen LogP contribution is -2.62. The maximum absolute atomic E-state index is 12.2. The first kappa shape index (κ1) is 25.9. The Morgan fingerprint density at radius 1 is 1.00 bits per heavy atom. The maximum atomic E-state index is 12.2. The number of carboxylic acids is 1. The summed E-state index contributed by atoms with van der Waals surface area (Å²) < 4.78 is 0. The molecule has 0 aliphatic heterocycles. The van der Waals surface area contributed by atoms with E-state index in [9.17, 15) is 24.9 Å². The van der Waals surface area contributed by atoms with E-state index in [1.165, 1.54) is 0 Å². The van der Waals surface area contributed by atoms with Crippen LogP contribution >= 0.6 is 0 Å². The standard InChI is InChI=1S/C27H45NO6/c1-15(4-7-23(32)28-11-9-24(33)34)18-5-6-19-25-20(14-22(31)27(18,19)3)26(2)10-8-17(29)12-16(26)13-21(25)30/h15-22,25,29-31H,4-14H2,1-3H3,(H,28,32)(H,33,34)/t15-,16+,17-,18-,19+,20+,21-,22+,25+,26+,27-/m1/s1. The second kappa shape index (κ2) is 9.70. The molecule has 1 amide bonds. The number of fused-ring (bicyclic) bond motifs is 5. The molecule has 4 rings (SSSR count). The molecule has 4 aliphatic rings. The Morgan fingerprint density at radius 2 is 1.74 bits per heavy atom. The highest BCUT2D eigenvalue weighted by molar-refractivity contribution is 5.76. The number of carboxylic acid groups (broad SMARTS) is 1. The van der Waals surface area contributed by atoms with Crippen LogP contribution in [-0.2, 0) is 9.59 Å². The van der Waals surface area contributed by atoms with Gasteiger partial charge >= 0.3 is 5.97 Å². The molecule has 0 radical (unpaired) electrons. The van der Waals surface area contributed by atoms with Gasteiger partial charge in [0.25, 0.3) is 0 Å². The van der Waals surface area contributed by atoms with Gasteiger partial charge in [-0.05, 0) is 97.7 Å². The summed E-state index contributed by atoms with van der Waals surface area (Å²) >= 11 is 0. The summed E-state index contributed by atoms with van der Waals surface area (Å²) in [7, 11) is 0. The van der Waals surface area contributed by atoms with Crippen molar-refractivity contribution in [3.63, 3.8) is 0 Å². The quantitative estimate of drug-likeness (QED) is 0.382. The van der Waals surface area contributed by atoms with Crippen LogP contribution in [0.15, 0.2) is 0 Å². The highest BCUT2D eigenvalue weighted by Gasteiger charge is 2.65. The van der Waals surface area contributed by atoms with Crippen LogP contribution in [0.5, 0.6) is 0 Å². The summed E-state index contributed by atoms with van der Waals surface area (Å²) in [4.78, 5) is 22.8. The van der Waals surface area contributed by atoms with Gasteiger partial charge in [-0.1, -0.05) is 20.8 Å². The van der Waals surface area contributed by atoms with Crippen LogP contribution in [0.4, 0.5) is 0 Å². The van der Waals surface area contributed by atoms with Crippen molar-refractivity contribution in [3.8, 4) is 0 Å². The lowest BCUT2D eigenvalue weighted by molar-refractivity contribution is -0.207. The van der Waals surface area contributed by atoms with E-state index in [1.807, 2.05) is 0 Å². The zero-order valence-electron chi connectivity index (χ0n) is 21.1. The predicted molar refractivity (Wildman–Crippen MR) is 128 cm³/mol. The highest BCUT2D eigenvalue weighted by Crippen LogP contribution is 2.68. The minimum atomic E-state index is -0.919. The van der Waals surface area contributed by atoms with E-state index >= 15 is 0 Å². The summed E-state index contributed by atoms with van der Waals surface area (Å²) in [6.07, 6.45) is 6.00. The molecule has 4 saturated carbocycles. The van der Waals surface area contributed by atoms with Gasteiger partial charge in [0.15, 0.2) is 0 Å². The van der Waals surface area contributed by atoms with Crippen molar-refractivity contribution < 1.29 is 30.0 Å². The Labute approximate surface area is 203 Å². The van der Waals surface area contributed by atoms with Crippen molar-refractivity contribution in [1.29, 1.82) is 0 Å². The molecule has 34 heavy (non-hydrogen) atoms. The molecule has 7 heteroatoms. The molecule has 0 heterocycles. The molecular formula is C27H45NO6. The maximum Gasteiger partial charge on any atom is 0.305 e. The highest BCUT2D eigenvalue weighted by atomic mass is 16.4. The SMILES string of the molecule is C[C@H](CCC(=O)NCCC(=O)O)[C@H]1CC[C@H]2[C@@H]3[C@H](O)C[C@@H]4C[C@H](O)CC[C@]4(C)[C@H]3C[C@H](O)[C@]12C. The molecule has 0 bridgehead atoms. The summed E-state index contributed by atoms with van der Waals surface area (Å²) in [6, 6.07) is 0. The molecule has 0 unspecified atom stereocenters. The van der Waals surface area contributed by atoms with Crippen LogP contribution in [0.3, 0.4) is 0 Å². The van der Waals surface area contributed by atoms with E-state index in [-0.39, 0.29) is 65.6 Å². The minimum absolute atomic E-state index is 0.0700. The average Bonchev–Trinajstić information content (AvgIpc) is 3.12. The topological polar surface area (TPSA) is 127 Å². The zero-order chi connectivity index (χ0) is 24.8. The number of amides is 1. The van der Waals surface area contributed by atoms with Gasteiger partial charge in [-0.15, -0.1) is 0 Å². The Bertz CT molecular complexity index is 774. The number of aliphatic hydroxyl groups excluding tert-OH is 3. The summed E-state index contributed by atoms with van der Waals surface area (Å²) in [5.41, 5.74) is -0.193. The van der Waals surface area contributed by atoms with Crippen molar-refractivity contribution in [2.75, 3.05) is 6.54 Å². The zero-order valence-corrected chi connectivity index (χ0v) is 21.1. The molecule has 194 valence electrons. The monoisotopic (exact) mass is 479 g/mol. The number of carbonyl (C=O) groups is 2. The van der Waals surface area contributed by atoms with Gasteiger partial charge in [0.1, 0.15) is 0 Å². The van der Waals surface area contributed by atoms with Crippen LogP contribution in [0.1, 0.15) is 85.0 Å². The van der Waals surface area contributed by atoms with Crippen LogP contribution in [0, 0.1) is 46.3 Å². The molecule has 7 nitrogen and oxygen atoms in total. The smallest absolute Gasteiger partial charge is 0.305 e. The predicted octanol–water partition coefficient (Wildman–Crippen LogP) is 2.96. The molecule has 0 saturated heterocycles. The number of nitrogens with one attached hydrogen (secondary N) is 1. The Hall–Kier alpha value is -1.18. The molecule has 0 spiro atoms. The first-order valence-corrected chi connectivity index (χ1v) is 13.5. The van der Waals surface area contributed by atoms with Gasteiger partial charge in [-0.2, -0.15) is 0 Å². The molecule has 4 fully saturated rings. The lowest BCUT2D eigenvalue weighted by atomic mass is 9.43. The van der Waals surface area contributed by atoms with Crippen molar-refractivity contribution in [1.82, 2.24) is 5.32 Å². The van der Waals surface area contributed by atoms with Gasteiger partial charge in [-0.3, -0.25) is 9.59 Å². The second-order valence-corrected chi connectivity index (χ2v) is 12.5. The van der Waals surface area contributed by atoms with Gasteiger partial charge in [0, 0.05) is 13.0 Å². The molecular weight excluding hydrogens is 434 g/mol. The number of carbonyl (C=O) groups excluding carboxylic acids is 1. The fourth-order valence-electron chi connectivity index (χ4n) is 9.09. The van der Waals surface area contributed by atoms with Crippen molar-refractivity contribution in [3.05, 3.63) is 0 Å². The van der Waals surface area contributed by atoms with Gasteiger partial charge in [0.2, 0.25) is 5.91 Å². The van der Waals surface area contributed by atoms with Crippen LogP contribution in [-0.4, -0.2) is 57.2 Å². The molecule has 5 N–H and O–H groups in total. The first-order chi connectivity index (χ1) is 16.0. The Balaban J connectivity index is 1.45. The first-order valence-electron chi connectivity index (χ1n) is 13.5. The third-order valence-electron chi connectivity index (χ3n) is 11.0. The van der Waals surface area contributed by atoms with Crippen LogP contribution in [0.25, 0.3) is 0 Å². The summed E-state index contributed by atoms with van der Waals surface area (Å²) in [5.74, 6) is 0.609. The fourth-order valence-corrected chi connectivity index (χ4v) is 9.09. The van der Waals surface area contributed by atoms with E-state index in [0.29, 0.717) is 24.7 Å². The van der Waals surface area contributed by atoms with E-state index < -0.39 is 12.1 Å². The summed E-state index contributed by atoms with van der Waals surface area (Å²) in [6.45, 7) is 6.91. The molecule has 11 atom stereocenters. The summed E-state index contributed by atoms with van der Waals surface area (Å²) in [5, 5.41) is 44.7. The third kappa shape index (κ3) is 4.41. The third-order valence-corrected chi connectivity index (χ3v) is 11.0. The largest absolute Gasteiger partial charge is 0.481 e. The van der Waals surface area contributed by atoms with Crippen molar-refractivity contribution >= 4 is 11.9 Å². The molecule has 0 aromatic carbocycles. The van der Waals surface area contributed by atoms with E-state index in [1.54, 1.807) is 0 Å². The fraction of sp³-hybridized carbons (Fsp3) is 0.926. The van der Waals surface area contributed by atoms with Crippen LogP contribution < -0.4 is 5.32 Å². The number of aliphatic hydroxyl groups is 3. The van der Waals surface area contributed by atoms with Gasteiger partial charge in [0.05, 0.1) is 24.7 Å². The van der Waals surface area contributed by atoms with Crippen molar-refractivity contribution in [2.45, 2.75) is 103 Å². The Morgan fingerprint density at radius 3 is 2.44 bits per heavy atom.